The number of carbonyl (C=O) groups excluding carboxylic acids is 1. The molecule has 0 bridgehead atoms. The highest BCUT2D eigenvalue weighted by molar-refractivity contribution is 5.97. The van der Waals surface area contributed by atoms with E-state index in [4.69, 9.17) is 0 Å². The van der Waals surface area contributed by atoms with E-state index in [9.17, 15) is 10.1 Å². The molecule has 1 aromatic carbocycles. The maximum atomic E-state index is 12.5. The number of anilines is 1. The van der Waals surface area contributed by atoms with Crippen LogP contribution in [0.3, 0.4) is 0 Å². The van der Waals surface area contributed by atoms with Crippen LogP contribution >= 0.6 is 0 Å². The van der Waals surface area contributed by atoms with Gasteiger partial charge in [-0.25, -0.2) is 0 Å². The molecular weight excluding hydrogens is 248 g/mol. The first-order chi connectivity index (χ1) is 9.30. The Bertz CT molecular complexity index is 517. The standard InChI is InChI=1S/C17H24N2O/c1-6-17(7-2,12-18)15(20)19-14-11-9-8-10-13(14)16(3,4)5/h8-11H,6-7H2,1-5H3,(H,19,20). The second kappa shape index (κ2) is 6.09. The lowest BCUT2D eigenvalue weighted by Gasteiger charge is -2.26. The predicted octanol–water partition coefficient (Wildman–Crippen LogP) is 4.25. The third kappa shape index (κ3) is 3.19. The number of rotatable bonds is 4. The topological polar surface area (TPSA) is 52.9 Å². The number of nitrogens with zero attached hydrogens (tertiary/aromatic N) is 1. The molecule has 1 rings (SSSR count). The summed E-state index contributed by atoms with van der Waals surface area (Å²) in [4.78, 5) is 12.5. The van der Waals surface area contributed by atoms with Crippen molar-refractivity contribution in [2.24, 2.45) is 5.41 Å². The molecule has 0 fully saturated rings. The van der Waals surface area contributed by atoms with Crippen molar-refractivity contribution in [2.75, 3.05) is 5.32 Å². The highest BCUT2D eigenvalue weighted by atomic mass is 16.2. The molecule has 0 saturated carbocycles. The maximum absolute atomic E-state index is 12.5. The summed E-state index contributed by atoms with van der Waals surface area (Å²) in [5, 5.41) is 12.3. The lowest BCUT2D eigenvalue weighted by atomic mass is 9.82. The van der Waals surface area contributed by atoms with Crippen molar-refractivity contribution < 1.29 is 4.79 Å². The first kappa shape index (κ1) is 16.2. The number of carbonyl (C=O) groups is 1. The molecule has 0 spiro atoms. The predicted molar refractivity (Wildman–Crippen MR) is 82.4 cm³/mol. The molecule has 0 unspecified atom stereocenters. The second-order valence-corrected chi connectivity index (χ2v) is 6.15. The highest BCUT2D eigenvalue weighted by Gasteiger charge is 2.35. The van der Waals surface area contributed by atoms with Gasteiger partial charge in [-0.2, -0.15) is 5.26 Å². The number of para-hydroxylation sites is 1. The molecule has 0 aromatic heterocycles. The normalized spacial score (nSPS) is 11.8. The smallest absolute Gasteiger partial charge is 0.244 e. The van der Waals surface area contributed by atoms with Gasteiger partial charge in [-0.05, 0) is 29.9 Å². The van der Waals surface area contributed by atoms with Crippen LogP contribution in [0.1, 0.15) is 53.0 Å². The van der Waals surface area contributed by atoms with E-state index in [2.05, 4.69) is 32.2 Å². The SMILES string of the molecule is CCC(C#N)(CC)C(=O)Nc1ccccc1C(C)(C)C. The Balaban J connectivity index is 3.12. The van der Waals surface area contributed by atoms with Crippen LogP contribution in [0.2, 0.25) is 0 Å². The van der Waals surface area contributed by atoms with Gasteiger partial charge in [0.25, 0.3) is 0 Å². The van der Waals surface area contributed by atoms with E-state index in [1.807, 2.05) is 38.1 Å². The minimum Gasteiger partial charge on any atom is -0.324 e. The maximum Gasteiger partial charge on any atom is 0.244 e. The molecule has 0 aliphatic rings. The average molecular weight is 272 g/mol. The van der Waals surface area contributed by atoms with Crippen LogP contribution in [0.4, 0.5) is 5.69 Å². The lowest BCUT2D eigenvalue weighted by Crippen LogP contribution is -2.34. The number of hydrogen-bond acceptors (Lipinski definition) is 2. The van der Waals surface area contributed by atoms with Crippen LogP contribution in [0.5, 0.6) is 0 Å². The molecule has 3 heteroatoms. The lowest BCUT2D eigenvalue weighted by molar-refractivity contribution is -0.123. The number of nitrogens with one attached hydrogen (secondary N) is 1. The van der Waals surface area contributed by atoms with Crippen LogP contribution < -0.4 is 5.32 Å². The molecular formula is C17H24N2O. The van der Waals surface area contributed by atoms with E-state index in [0.29, 0.717) is 12.8 Å². The second-order valence-electron chi connectivity index (χ2n) is 6.15. The Morgan fingerprint density at radius 3 is 2.20 bits per heavy atom. The molecule has 1 N–H and O–H groups in total. The summed E-state index contributed by atoms with van der Waals surface area (Å²) in [5.41, 5.74) is 0.877. The molecule has 108 valence electrons. The summed E-state index contributed by atoms with van der Waals surface area (Å²) in [7, 11) is 0. The molecule has 0 saturated heterocycles. The number of benzene rings is 1. The number of amides is 1. The van der Waals surface area contributed by atoms with Gasteiger partial charge in [-0.3, -0.25) is 4.79 Å². The summed E-state index contributed by atoms with van der Waals surface area (Å²) in [6.45, 7) is 10.1. The van der Waals surface area contributed by atoms with Crippen molar-refractivity contribution in [1.82, 2.24) is 0 Å². The van der Waals surface area contributed by atoms with Gasteiger partial charge in [0.2, 0.25) is 5.91 Å². The van der Waals surface area contributed by atoms with Gasteiger partial charge in [-0.1, -0.05) is 52.8 Å². The summed E-state index contributed by atoms with van der Waals surface area (Å²) in [6.07, 6.45) is 1.03. The van der Waals surface area contributed by atoms with Crippen molar-refractivity contribution >= 4 is 11.6 Å². The van der Waals surface area contributed by atoms with E-state index in [-0.39, 0.29) is 11.3 Å². The first-order valence-corrected chi connectivity index (χ1v) is 7.13. The summed E-state index contributed by atoms with van der Waals surface area (Å²) < 4.78 is 0. The Hall–Kier alpha value is -1.82. The largest absolute Gasteiger partial charge is 0.324 e. The van der Waals surface area contributed by atoms with Crippen LogP contribution in [0.25, 0.3) is 0 Å². The van der Waals surface area contributed by atoms with Gasteiger partial charge in [-0.15, -0.1) is 0 Å². The Morgan fingerprint density at radius 2 is 1.75 bits per heavy atom. The van der Waals surface area contributed by atoms with Gasteiger partial charge in [0.05, 0.1) is 6.07 Å². The summed E-state index contributed by atoms with van der Waals surface area (Å²) in [6, 6.07) is 9.96. The van der Waals surface area contributed by atoms with Crippen molar-refractivity contribution in [1.29, 1.82) is 5.26 Å². The van der Waals surface area contributed by atoms with E-state index in [1.165, 1.54) is 0 Å². The molecule has 0 radical (unpaired) electrons. The summed E-state index contributed by atoms with van der Waals surface area (Å²) in [5.74, 6) is -0.207. The van der Waals surface area contributed by atoms with E-state index in [0.717, 1.165) is 11.3 Å². The van der Waals surface area contributed by atoms with Gasteiger partial charge in [0.15, 0.2) is 0 Å². The van der Waals surface area contributed by atoms with Crippen molar-refractivity contribution in [3.05, 3.63) is 29.8 Å². The zero-order valence-corrected chi connectivity index (χ0v) is 13.1. The third-order valence-electron chi connectivity index (χ3n) is 3.84. The minimum absolute atomic E-state index is 0.0579. The molecule has 0 heterocycles. The zero-order valence-electron chi connectivity index (χ0n) is 13.1. The Morgan fingerprint density at radius 1 is 1.20 bits per heavy atom. The monoisotopic (exact) mass is 272 g/mol. The molecule has 0 aliphatic carbocycles. The molecule has 1 amide bonds. The van der Waals surface area contributed by atoms with Crippen LogP contribution in [-0.2, 0) is 10.2 Å². The molecule has 3 nitrogen and oxygen atoms in total. The third-order valence-corrected chi connectivity index (χ3v) is 3.84. The van der Waals surface area contributed by atoms with E-state index in [1.54, 1.807) is 0 Å². The zero-order chi connectivity index (χ0) is 15.4. The number of hydrogen-bond donors (Lipinski definition) is 1. The highest BCUT2D eigenvalue weighted by Crippen LogP contribution is 2.32. The Kier molecular flexibility index (Phi) is 4.94. The fourth-order valence-corrected chi connectivity index (χ4v) is 2.27. The first-order valence-electron chi connectivity index (χ1n) is 7.13. The van der Waals surface area contributed by atoms with Crippen LogP contribution in [-0.4, -0.2) is 5.91 Å². The fourth-order valence-electron chi connectivity index (χ4n) is 2.27. The van der Waals surface area contributed by atoms with Gasteiger partial charge < -0.3 is 5.32 Å². The van der Waals surface area contributed by atoms with Crippen molar-refractivity contribution in [3.63, 3.8) is 0 Å². The molecule has 0 aliphatic heterocycles. The van der Waals surface area contributed by atoms with Crippen molar-refractivity contribution in [3.8, 4) is 6.07 Å². The summed E-state index contributed by atoms with van der Waals surface area (Å²) >= 11 is 0. The molecule has 1 aromatic rings. The fraction of sp³-hybridized carbons (Fsp3) is 0.529. The average Bonchev–Trinajstić information content (AvgIpc) is 2.41. The minimum atomic E-state index is -0.939. The van der Waals surface area contributed by atoms with Gasteiger partial charge >= 0.3 is 0 Å². The van der Waals surface area contributed by atoms with E-state index < -0.39 is 5.41 Å². The molecule has 20 heavy (non-hydrogen) atoms. The van der Waals surface area contributed by atoms with Gasteiger partial charge in [0.1, 0.15) is 5.41 Å². The quantitative estimate of drug-likeness (QED) is 0.890. The molecule has 0 atom stereocenters. The van der Waals surface area contributed by atoms with Crippen LogP contribution in [0, 0.1) is 16.7 Å². The Labute approximate surface area is 122 Å². The van der Waals surface area contributed by atoms with Crippen molar-refractivity contribution in [2.45, 2.75) is 52.9 Å². The van der Waals surface area contributed by atoms with E-state index >= 15 is 0 Å². The number of nitriles is 1. The van der Waals surface area contributed by atoms with Crippen LogP contribution in [0.15, 0.2) is 24.3 Å². The van der Waals surface area contributed by atoms with Gasteiger partial charge in [0, 0.05) is 5.69 Å².